The fourth-order valence-corrected chi connectivity index (χ4v) is 1.97. The number of ether oxygens (including phenoxy) is 1. The Hall–Kier alpha value is -0.870. The van der Waals surface area contributed by atoms with E-state index in [2.05, 4.69) is 42.8 Å². The molecule has 0 aromatic carbocycles. The van der Waals surface area contributed by atoms with Crippen LogP contribution in [0.2, 0.25) is 0 Å². The van der Waals surface area contributed by atoms with Crippen molar-refractivity contribution in [3.05, 3.63) is 17.0 Å². The van der Waals surface area contributed by atoms with E-state index in [0.29, 0.717) is 6.04 Å². The van der Waals surface area contributed by atoms with Gasteiger partial charge in [0.15, 0.2) is 0 Å². The first-order valence-corrected chi connectivity index (χ1v) is 6.90. The van der Waals surface area contributed by atoms with E-state index in [-0.39, 0.29) is 0 Å². The molecule has 18 heavy (non-hydrogen) atoms. The molecule has 0 radical (unpaired) electrons. The van der Waals surface area contributed by atoms with E-state index in [1.54, 1.807) is 0 Å². The first kappa shape index (κ1) is 15.2. The summed E-state index contributed by atoms with van der Waals surface area (Å²) in [6, 6.07) is 0.505. The Labute approximate surface area is 111 Å². The lowest BCUT2D eigenvalue weighted by Gasteiger charge is -2.09. The van der Waals surface area contributed by atoms with Gasteiger partial charge in [-0.3, -0.25) is 4.68 Å². The van der Waals surface area contributed by atoms with Crippen molar-refractivity contribution in [3.8, 4) is 0 Å². The number of hydrogen-bond donors (Lipinski definition) is 1. The van der Waals surface area contributed by atoms with E-state index in [0.717, 1.165) is 38.4 Å². The summed E-state index contributed by atoms with van der Waals surface area (Å²) in [7, 11) is 0. The molecule has 1 rings (SSSR count). The predicted molar refractivity (Wildman–Crippen MR) is 74.8 cm³/mol. The molecule has 0 saturated heterocycles. The minimum absolute atomic E-state index is 0.505. The van der Waals surface area contributed by atoms with Crippen molar-refractivity contribution in [1.82, 2.24) is 15.1 Å². The van der Waals surface area contributed by atoms with E-state index in [9.17, 15) is 0 Å². The second-order valence-corrected chi connectivity index (χ2v) is 4.96. The van der Waals surface area contributed by atoms with E-state index < -0.39 is 0 Å². The van der Waals surface area contributed by atoms with Gasteiger partial charge in [0.2, 0.25) is 0 Å². The maximum absolute atomic E-state index is 5.36. The zero-order valence-corrected chi connectivity index (χ0v) is 12.4. The van der Waals surface area contributed by atoms with Gasteiger partial charge in [-0.15, -0.1) is 0 Å². The average molecular weight is 253 g/mol. The molecule has 0 saturated carbocycles. The summed E-state index contributed by atoms with van der Waals surface area (Å²) in [5.41, 5.74) is 3.74. The van der Waals surface area contributed by atoms with Crippen molar-refractivity contribution in [2.45, 2.75) is 60.2 Å². The fraction of sp³-hybridized carbons (Fsp3) is 0.786. The lowest BCUT2D eigenvalue weighted by molar-refractivity contribution is 0.140. The maximum Gasteiger partial charge on any atom is 0.0641 e. The highest BCUT2D eigenvalue weighted by molar-refractivity contribution is 5.24. The standard InChI is InChI=1S/C14H27N3O/c1-6-18-9-7-8-17-13(5)14(12(4)16-17)10-15-11(2)3/h11,15H,6-10H2,1-5H3. The summed E-state index contributed by atoms with van der Waals surface area (Å²) in [5, 5.41) is 8.06. The van der Waals surface area contributed by atoms with Crippen molar-refractivity contribution in [2.75, 3.05) is 13.2 Å². The van der Waals surface area contributed by atoms with Crippen molar-refractivity contribution in [2.24, 2.45) is 0 Å². The third kappa shape index (κ3) is 4.42. The van der Waals surface area contributed by atoms with E-state index in [1.165, 1.54) is 11.3 Å². The summed E-state index contributed by atoms with van der Waals surface area (Å²) in [6.45, 7) is 14.0. The smallest absolute Gasteiger partial charge is 0.0641 e. The van der Waals surface area contributed by atoms with Gasteiger partial charge in [0.25, 0.3) is 0 Å². The quantitative estimate of drug-likeness (QED) is 0.723. The summed E-state index contributed by atoms with van der Waals surface area (Å²) in [6.07, 6.45) is 1.02. The molecule has 104 valence electrons. The first-order valence-electron chi connectivity index (χ1n) is 6.90. The molecule has 0 spiro atoms. The third-order valence-electron chi connectivity index (χ3n) is 3.08. The molecular formula is C14H27N3O. The molecule has 1 aromatic heterocycles. The van der Waals surface area contributed by atoms with Gasteiger partial charge < -0.3 is 10.1 Å². The molecule has 0 unspecified atom stereocenters. The molecule has 0 aliphatic rings. The van der Waals surface area contributed by atoms with Gasteiger partial charge in [0.05, 0.1) is 5.69 Å². The molecule has 0 aliphatic carbocycles. The second kappa shape index (κ2) is 7.54. The minimum atomic E-state index is 0.505. The van der Waals surface area contributed by atoms with E-state index in [1.807, 2.05) is 6.92 Å². The maximum atomic E-state index is 5.36. The highest BCUT2D eigenvalue weighted by Crippen LogP contribution is 2.13. The zero-order valence-electron chi connectivity index (χ0n) is 12.4. The zero-order chi connectivity index (χ0) is 13.5. The molecule has 0 aliphatic heterocycles. The van der Waals surface area contributed by atoms with Crippen LogP contribution in [-0.4, -0.2) is 29.0 Å². The van der Waals surface area contributed by atoms with Crippen LogP contribution in [0.1, 0.15) is 44.1 Å². The van der Waals surface area contributed by atoms with Gasteiger partial charge in [-0.1, -0.05) is 13.8 Å². The molecule has 0 bridgehead atoms. The Bertz CT molecular complexity index is 358. The Kier molecular flexibility index (Phi) is 6.36. The van der Waals surface area contributed by atoms with Gasteiger partial charge in [-0.25, -0.2) is 0 Å². The highest BCUT2D eigenvalue weighted by atomic mass is 16.5. The SMILES string of the molecule is CCOCCCn1nc(C)c(CNC(C)C)c1C. The number of rotatable bonds is 8. The lowest BCUT2D eigenvalue weighted by atomic mass is 10.2. The van der Waals surface area contributed by atoms with Crippen LogP contribution in [0.4, 0.5) is 0 Å². The highest BCUT2D eigenvalue weighted by Gasteiger charge is 2.11. The van der Waals surface area contributed by atoms with Gasteiger partial charge in [-0.05, 0) is 27.2 Å². The molecule has 4 nitrogen and oxygen atoms in total. The van der Waals surface area contributed by atoms with Crippen molar-refractivity contribution >= 4 is 0 Å². The molecule has 1 N–H and O–H groups in total. The number of aromatic nitrogens is 2. The van der Waals surface area contributed by atoms with Crippen molar-refractivity contribution in [3.63, 3.8) is 0 Å². The predicted octanol–water partition coefficient (Wildman–Crippen LogP) is 2.42. The topological polar surface area (TPSA) is 39.1 Å². The Morgan fingerprint density at radius 3 is 2.67 bits per heavy atom. The number of hydrogen-bond acceptors (Lipinski definition) is 3. The largest absolute Gasteiger partial charge is 0.382 e. The average Bonchev–Trinajstić information content (AvgIpc) is 2.58. The Morgan fingerprint density at radius 2 is 2.06 bits per heavy atom. The van der Waals surface area contributed by atoms with Gasteiger partial charge in [0.1, 0.15) is 0 Å². The summed E-state index contributed by atoms with van der Waals surface area (Å²) >= 11 is 0. The number of aryl methyl sites for hydroxylation is 2. The van der Waals surface area contributed by atoms with E-state index >= 15 is 0 Å². The third-order valence-corrected chi connectivity index (χ3v) is 3.08. The van der Waals surface area contributed by atoms with Crippen LogP contribution >= 0.6 is 0 Å². The van der Waals surface area contributed by atoms with Crippen LogP contribution in [0.3, 0.4) is 0 Å². The summed E-state index contributed by atoms with van der Waals surface area (Å²) in [5.74, 6) is 0. The van der Waals surface area contributed by atoms with Crippen LogP contribution in [0.15, 0.2) is 0 Å². The fourth-order valence-electron chi connectivity index (χ4n) is 1.97. The Morgan fingerprint density at radius 1 is 1.33 bits per heavy atom. The van der Waals surface area contributed by atoms with E-state index in [4.69, 9.17) is 4.74 Å². The number of nitrogens with zero attached hydrogens (tertiary/aromatic N) is 2. The molecule has 1 aromatic rings. The number of nitrogens with one attached hydrogen (secondary N) is 1. The monoisotopic (exact) mass is 253 g/mol. The normalized spacial score (nSPS) is 11.4. The Balaban J connectivity index is 2.56. The molecule has 0 amide bonds. The van der Waals surface area contributed by atoms with Gasteiger partial charge >= 0.3 is 0 Å². The second-order valence-electron chi connectivity index (χ2n) is 4.96. The molecular weight excluding hydrogens is 226 g/mol. The van der Waals surface area contributed by atoms with Crippen molar-refractivity contribution < 1.29 is 4.74 Å². The molecule has 4 heteroatoms. The summed E-state index contributed by atoms with van der Waals surface area (Å²) in [4.78, 5) is 0. The molecule has 1 heterocycles. The van der Waals surface area contributed by atoms with Crippen LogP contribution in [0.25, 0.3) is 0 Å². The van der Waals surface area contributed by atoms with Gasteiger partial charge in [0, 0.05) is 43.6 Å². The lowest BCUT2D eigenvalue weighted by Crippen LogP contribution is -2.22. The van der Waals surface area contributed by atoms with Crippen LogP contribution in [0.5, 0.6) is 0 Å². The minimum Gasteiger partial charge on any atom is -0.382 e. The van der Waals surface area contributed by atoms with Gasteiger partial charge in [-0.2, -0.15) is 5.10 Å². The summed E-state index contributed by atoms with van der Waals surface area (Å²) < 4.78 is 7.46. The molecule has 0 fully saturated rings. The van der Waals surface area contributed by atoms with Crippen LogP contribution < -0.4 is 5.32 Å². The van der Waals surface area contributed by atoms with Crippen LogP contribution in [-0.2, 0) is 17.8 Å². The van der Waals surface area contributed by atoms with Crippen molar-refractivity contribution in [1.29, 1.82) is 0 Å². The first-order chi connectivity index (χ1) is 8.56. The molecule has 0 atom stereocenters. The van der Waals surface area contributed by atoms with Crippen LogP contribution in [0, 0.1) is 13.8 Å².